The SMILES string of the molecule is COc1nc(OCC(F)F)ccc1C(=O)NC(C)c1cc(C)nc(NC(=O)C(C)C)c1. The summed E-state index contributed by atoms with van der Waals surface area (Å²) in [6.07, 6.45) is -2.64. The molecule has 1 atom stereocenters. The Balaban J connectivity index is 2.16. The van der Waals surface area contributed by atoms with Crippen molar-refractivity contribution in [3.8, 4) is 11.8 Å². The molecule has 0 saturated heterocycles. The Hall–Kier alpha value is -3.30. The first-order valence-corrected chi connectivity index (χ1v) is 9.67. The topological polar surface area (TPSA) is 102 Å². The van der Waals surface area contributed by atoms with E-state index in [0.717, 1.165) is 5.56 Å². The summed E-state index contributed by atoms with van der Waals surface area (Å²) < 4.78 is 34.6. The van der Waals surface area contributed by atoms with Crippen LogP contribution in [0, 0.1) is 12.8 Å². The zero-order chi connectivity index (χ0) is 23.1. The lowest BCUT2D eigenvalue weighted by atomic mass is 10.1. The van der Waals surface area contributed by atoms with Crippen LogP contribution in [-0.2, 0) is 4.79 Å². The lowest BCUT2D eigenvalue weighted by Gasteiger charge is -2.17. The first-order chi connectivity index (χ1) is 14.6. The van der Waals surface area contributed by atoms with Crippen molar-refractivity contribution in [2.45, 2.75) is 40.2 Å². The monoisotopic (exact) mass is 436 g/mol. The van der Waals surface area contributed by atoms with Gasteiger partial charge < -0.3 is 20.1 Å². The van der Waals surface area contributed by atoms with Crippen LogP contribution in [-0.4, -0.2) is 41.9 Å². The smallest absolute Gasteiger partial charge is 0.272 e. The number of amides is 2. The Labute approximate surface area is 179 Å². The molecule has 2 heterocycles. The van der Waals surface area contributed by atoms with Crippen molar-refractivity contribution in [1.29, 1.82) is 0 Å². The first kappa shape index (κ1) is 24.0. The summed E-state index contributed by atoms with van der Waals surface area (Å²) in [6, 6.07) is 5.77. The van der Waals surface area contributed by atoms with Crippen LogP contribution in [0.1, 0.15) is 48.4 Å². The van der Waals surface area contributed by atoms with Crippen LogP contribution in [0.4, 0.5) is 14.6 Å². The van der Waals surface area contributed by atoms with Gasteiger partial charge in [0.2, 0.25) is 17.7 Å². The fourth-order valence-corrected chi connectivity index (χ4v) is 2.62. The summed E-state index contributed by atoms with van der Waals surface area (Å²) in [6.45, 7) is 6.31. The number of aromatic nitrogens is 2. The minimum absolute atomic E-state index is 0.0488. The van der Waals surface area contributed by atoms with Gasteiger partial charge in [-0.05, 0) is 37.6 Å². The lowest BCUT2D eigenvalue weighted by Crippen LogP contribution is -2.27. The third-order valence-electron chi connectivity index (χ3n) is 4.23. The van der Waals surface area contributed by atoms with Crippen LogP contribution in [0.2, 0.25) is 0 Å². The van der Waals surface area contributed by atoms with Gasteiger partial charge in [0, 0.05) is 17.7 Å². The van der Waals surface area contributed by atoms with Crippen molar-refractivity contribution in [3.63, 3.8) is 0 Å². The largest absolute Gasteiger partial charge is 0.480 e. The summed E-state index contributed by atoms with van der Waals surface area (Å²) in [5.41, 5.74) is 1.54. The van der Waals surface area contributed by atoms with E-state index in [2.05, 4.69) is 20.6 Å². The molecule has 0 aliphatic heterocycles. The maximum Gasteiger partial charge on any atom is 0.272 e. The Morgan fingerprint density at radius 2 is 1.84 bits per heavy atom. The molecule has 2 aromatic heterocycles. The van der Waals surface area contributed by atoms with Gasteiger partial charge in [-0.25, -0.2) is 13.8 Å². The number of halogens is 2. The number of ether oxygens (including phenoxy) is 2. The number of carbonyl (C=O) groups is 2. The van der Waals surface area contributed by atoms with E-state index in [0.29, 0.717) is 11.5 Å². The number of hydrogen-bond donors (Lipinski definition) is 2. The van der Waals surface area contributed by atoms with Crippen LogP contribution in [0.15, 0.2) is 24.3 Å². The normalized spacial score (nSPS) is 11.9. The molecular weight excluding hydrogens is 410 g/mol. The quantitative estimate of drug-likeness (QED) is 0.624. The fourth-order valence-electron chi connectivity index (χ4n) is 2.62. The number of carbonyl (C=O) groups excluding carboxylic acids is 2. The number of hydrogen-bond acceptors (Lipinski definition) is 6. The second-order valence-corrected chi connectivity index (χ2v) is 7.17. The molecule has 2 aromatic rings. The van der Waals surface area contributed by atoms with E-state index >= 15 is 0 Å². The highest BCUT2D eigenvalue weighted by Gasteiger charge is 2.19. The Morgan fingerprint density at radius 3 is 2.45 bits per heavy atom. The number of nitrogens with zero attached hydrogens (tertiary/aromatic N) is 2. The van der Waals surface area contributed by atoms with Crippen molar-refractivity contribution < 1.29 is 27.8 Å². The van der Waals surface area contributed by atoms with Crippen LogP contribution < -0.4 is 20.1 Å². The van der Waals surface area contributed by atoms with Crippen molar-refractivity contribution in [2.75, 3.05) is 19.0 Å². The molecule has 0 bridgehead atoms. The highest BCUT2D eigenvalue weighted by atomic mass is 19.3. The van der Waals surface area contributed by atoms with Gasteiger partial charge >= 0.3 is 0 Å². The van der Waals surface area contributed by atoms with Gasteiger partial charge in [-0.3, -0.25) is 9.59 Å². The number of nitrogens with one attached hydrogen (secondary N) is 2. The van der Waals surface area contributed by atoms with E-state index < -0.39 is 25.0 Å². The molecule has 0 aromatic carbocycles. The molecule has 0 saturated carbocycles. The summed E-state index contributed by atoms with van der Waals surface area (Å²) in [4.78, 5) is 32.9. The van der Waals surface area contributed by atoms with E-state index in [9.17, 15) is 18.4 Å². The zero-order valence-corrected chi connectivity index (χ0v) is 18.0. The molecular formula is C21H26F2N4O4. The average molecular weight is 436 g/mol. The number of methoxy groups -OCH3 is 1. The minimum Gasteiger partial charge on any atom is -0.480 e. The maximum absolute atomic E-state index is 12.7. The van der Waals surface area contributed by atoms with Crippen LogP contribution >= 0.6 is 0 Å². The number of aryl methyl sites for hydroxylation is 1. The van der Waals surface area contributed by atoms with Crippen molar-refractivity contribution in [1.82, 2.24) is 15.3 Å². The fraction of sp³-hybridized carbons (Fsp3) is 0.429. The third-order valence-corrected chi connectivity index (χ3v) is 4.23. The van der Waals surface area contributed by atoms with Gasteiger partial charge in [0.1, 0.15) is 11.4 Å². The third kappa shape index (κ3) is 6.87. The molecule has 2 N–H and O–H groups in total. The predicted molar refractivity (Wildman–Crippen MR) is 111 cm³/mol. The molecule has 0 radical (unpaired) electrons. The highest BCUT2D eigenvalue weighted by molar-refractivity contribution is 5.96. The summed E-state index contributed by atoms with van der Waals surface area (Å²) in [5.74, 6) is -0.556. The van der Waals surface area contributed by atoms with E-state index in [1.165, 1.54) is 19.2 Å². The molecule has 0 spiro atoms. The number of rotatable bonds is 9. The summed E-state index contributed by atoms with van der Waals surface area (Å²) in [5, 5.41) is 5.57. The Kier molecular flexibility index (Phi) is 8.23. The molecule has 8 nitrogen and oxygen atoms in total. The van der Waals surface area contributed by atoms with E-state index in [-0.39, 0.29) is 29.1 Å². The number of anilines is 1. The Bertz CT molecular complexity index is 938. The molecule has 2 amide bonds. The van der Waals surface area contributed by atoms with Gasteiger partial charge in [-0.2, -0.15) is 4.98 Å². The van der Waals surface area contributed by atoms with Crippen molar-refractivity contribution in [3.05, 3.63) is 41.1 Å². The van der Waals surface area contributed by atoms with Gasteiger partial charge in [0.05, 0.1) is 13.2 Å². The van der Waals surface area contributed by atoms with Crippen LogP contribution in [0.3, 0.4) is 0 Å². The molecule has 0 aliphatic rings. The average Bonchev–Trinajstić information content (AvgIpc) is 2.71. The van der Waals surface area contributed by atoms with Crippen LogP contribution in [0.25, 0.3) is 0 Å². The number of alkyl halides is 2. The predicted octanol–water partition coefficient (Wildman–Crippen LogP) is 3.52. The molecule has 10 heteroatoms. The van der Waals surface area contributed by atoms with Gasteiger partial charge in [0.25, 0.3) is 12.3 Å². The molecule has 2 rings (SSSR count). The summed E-state index contributed by atoms with van der Waals surface area (Å²) in [7, 11) is 1.31. The molecule has 0 aliphatic carbocycles. The molecule has 31 heavy (non-hydrogen) atoms. The highest BCUT2D eigenvalue weighted by Crippen LogP contribution is 2.23. The summed E-state index contributed by atoms with van der Waals surface area (Å²) >= 11 is 0. The first-order valence-electron chi connectivity index (χ1n) is 9.67. The molecule has 1 unspecified atom stereocenters. The van der Waals surface area contributed by atoms with E-state index in [4.69, 9.17) is 9.47 Å². The van der Waals surface area contributed by atoms with E-state index in [1.807, 2.05) is 0 Å². The van der Waals surface area contributed by atoms with E-state index in [1.54, 1.807) is 39.8 Å². The van der Waals surface area contributed by atoms with Crippen molar-refractivity contribution >= 4 is 17.6 Å². The number of pyridine rings is 2. The lowest BCUT2D eigenvalue weighted by molar-refractivity contribution is -0.118. The van der Waals surface area contributed by atoms with Crippen molar-refractivity contribution in [2.24, 2.45) is 5.92 Å². The molecule has 0 fully saturated rings. The van der Waals surface area contributed by atoms with Gasteiger partial charge in [0.15, 0.2) is 6.61 Å². The van der Waals surface area contributed by atoms with Crippen LogP contribution in [0.5, 0.6) is 11.8 Å². The molecule has 168 valence electrons. The maximum atomic E-state index is 12.7. The zero-order valence-electron chi connectivity index (χ0n) is 18.0. The Morgan fingerprint density at radius 1 is 1.13 bits per heavy atom. The second-order valence-electron chi connectivity index (χ2n) is 7.17. The second kappa shape index (κ2) is 10.6. The standard InChI is InChI=1S/C21H26F2N4O4/c1-11(2)19(28)26-17-9-14(8-12(3)24-17)13(4)25-20(29)15-6-7-18(27-21(15)30-5)31-10-16(22)23/h6-9,11,13,16H,10H2,1-5H3,(H,25,29)(H,24,26,28). The van der Waals surface area contributed by atoms with Gasteiger partial charge in [-0.1, -0.05) is 13.8 Å². The van der Waals surface area contributed by atoms with Gasteiger partial charge in [-0.15, -0.1) is 0 Å². The minimum atomic E-state index is -2.64.